The molecule has 6 heteroatoms. The second-order valence-electron chi connectivity index (χ2n) is 7.06. The van der Waals surface area contributed by atoms with E-state index in [9.17, 15) is 4.79 Å². The molecule has 2 heterocycles. The van der Waals surface area contributed by atoms with Crippen LogP contribution in [0.2, 0.25) is 0 Å². The maximum atomic E-state index is 12.3. The molecular formula is C20H31N3OS2. The number of unbranched alkanes of at least 4 members (excludes halogenated alkanes) is 1. The predicted octanol–water partition coefficient (Wildman–Crippen LogP) is 5.46. The lowest BCUT2D eigenvalue weighted by molar-refractivity contribution is 0.252. The summed E-state index contributed by atoms with van der Waals surface area (Å²) < 4.78 is 0. The fourth-order valence-corrected chi connectivity index (χ4v) is 5.22. The van der Waals surface area contributed by atoms with Gasteiger partial charge in [-0.15, -0.1) is 22.7 Å². The van der Waals surface area contributed by atoms with E-state index in [1.165, 1.54) is 44.8 Å². The number of thiophene rings is 2. The highest BCUT2D eigenvalue weighted by atomic mass is 32.1. The summed E-state index contributed by atoms with van der Waals surface area (Å²) in [5.74, 6) is 0. The van der Waals surface area contributed by atoms with E-state index in [0.29, 0.717) is 6.54 Å². The number of nitrogens with one attached hydrogen (secondary N) is 2. The van der Waals surface area contributed by atoms with Crippen LogP contribution >= 0.6 is 22.7 Å². The van der Waals surface area contributed by atoms with E-state index < -0.39 is 0 Å². The first-order chi connectivity index (χ1) is 12.3. The Morgan fingerprint density at radius 3 is 2.50 bits per heavy atom. The summed E-state index contributed by atoms with van der Waals surface area (Å²) in [7, 11) is 4.15. The van der Waals surface area contributed by atoms with Gasteiger partial charge >= 0.3 is 6.03 Å². The Labute approximate surface area is 165 Å². The molecule has 0 radical (unpaired) electrons. The molecule has 0 spiro atoms. The second kappa shape index (κ2) is 9.53. The van der Waals surface area contributed by atoms with E-state index in [4.69, 9.17) is 0 Å². The predicted molar refractivity (Wildman–Crippen MR) is 115 cm³/mol. The smallest absolute Gasteiger partial charge is 0.320 e. The number of urea groups is 1. The minimum atomic E-state index is -0.129. The third-order valence-corrected chi connectivity index (χ3v) is 7.16. The number of amides is 2. The van der Waals surface area contributed by atoms with Gasteiger partial charge in [0.1, 0.15) is 0 Å². The van der Waals surface area contributed by atoms with Crippen LogP contribution in [0.3, 0.4) is 0 Å². The number of hydrogen-bond acceptors (Lipinski definition) is 4. The molecule has 2 rings (SSSR count). The van der Waals surface area contributed by atoms with Gasteiger partial charge in [0.25, 0.3) is 0 Å². The monoisotopic (exact) mass is 393 g/mol. The van der Waals surface area contributed by atoms with E-state index >= 15 is 0 Å². The van der Waals surface area contributed by atoms with E-state index in [1.54, 1.807) is 22.7 Å². The van der Waals surface area contributed by atoms with E-state index in [-0.39, 0.29) is 6.03 Å². The van der Waals surface area contributed by atoms with Crippen molar-refractivity contribution in [3.8, 4) is 0 Å². The van der Waals surface area contributed by atoms with Crippen molar-refractivity contribution in [2.75, 3.05) is 19.4 Å². The summed E-state index contributed by atoms with van der Waals surface area (Å²) in [6.07, 6.45) is 3.48. The van der Waals surface area contributed by atoms with Crippen molar-refractivity contribution < 1.29 is 4.79 Å². The van der Waals surface area contributed by atoms with Crippen molar-refractivity contribution in [1.29, 1.82) is 0 Å². The van der Waals surface area contributed by atoms with Crippen molar-refractivity contribution in [1.82, 2.24) is 10.2 Å². The van der Waals surface area contributed by atoms with Gasteiger partial charge in [-0.3, -0.25) is 5.32 Å². The topological polar surface area (TPSA) is 44.4 Å². The summed E-state index contributed by atoms with van der Waals surface area (Å²) in [6, 6.07) is -0.129. The Morgan fingerprint density at radius 2 is 1.85 bits per heavy atom. The van der Waals surface area contributed by atoms with Crippen LogP contribution in [-0.2, 0) is 19.5 Å². The van der Waals surface area contributed by atoms with Gasteiger partial charge in [-0.1, -0.05) is 13.3 Å². The molecule has 0 atom stereocenters. The van der Waals surface area contributed by atoms with Crippen molar-refractivity contribution in [3.63, 3.8) is 0 Å². The lowest BCUT2D eigenvalue weighted by Gasteiger charge is -2.10. The summed E-state index contributed by atoms with van der Waals surface area (Å²) in [5.41, 5.74) is 5.00. The second-order valence-corrected chi connectivity index (χ2v) is 9.13. The standard InChI is InChI=1S/C20H31N3OS2/c1-7-8-9-17-13(2)14(3)19(26-17)22-20(24)21-10-16-12-25-18(15(16)4)11-23(5)6/h12H,7-11H2,1-6H3,(H2,21,22,24). The highest BCUT2D eigenvalue weighted by Gasteiger charge is 2.14. The minimum absolute atomic E-state index is 0.129. The third kappa shape index (κ3) is 5.32. The van der Waals surface area contributed by atoms with Gasteiger partial charge < -0.3 is 10.2 Å². The number of aryl methyl sites for hydroxylation is 1. The lowest BCUT2D eigenvalue weighted by Crippen LogP contribution is -2.28. The zero-order chi connectivity index (χ0) is 19.3. The van der Waals surface area contributed by atoms with Gasteiger partial charge in [-0.2, -0.15) is 0 Å². The van der Waals surface area contributed by atoms with E-state index in [1.807, 2.05) is 0 Å². The zero-order valence-corrected chi connectivity index (χ0v) is 18.4. The van der Waals surface area contributed by atoms with Gasteiger partial charge in [-0.05, 0) is 75.3 Å². The fourth-order valence-electron chi connectivity index (χ4n) is 2.79. The zero-order valence-electron chi connectivity index (χ0n) is 16.8. The normalized spacial score (nSPS) is 11.2. The van der Waals surface area contributed by atoms with Gasteiger partial charge in [0.2, 0.25) is 0 Å². The molecule has 2 aromatic rings. The molecular weight excluding hydrogens is 362 g/mol. The van der Waals surface area contributed by atoms with Crippen molar-refractivity contribution in [3.05, 3.63) is 37.4 Å². The molecule has 0 bridgehead atoms. The van der Waals surface area contributed by atoms with Gasteiger partial charge in [0.15, 0.2) is 0 Å². The first-order valence-corrected chi connectivity index (χ1v) is 10.9. The first kappa shape index (κ1) is 20.9. The fraction of sp³-hybridized carbons (Fsp3) is 0.550. The molecule has 0 saturated heterocycles. The van der Waals surface area contributed by atoms with Gasteiger partial charge in [-0.25, -0.2) is 4.79 Å². The van der Waals surface area contributed by atoms with Crippen molar-refractivity contribution in [2.24, 2.45) is 0 Å². The summed E-state index contributed by atoms with van der Waals surface area (Å²) >= 11 is 3.48. The number of nitrogens with zero attached hydrogens (tertiary/aromatic N) is 1. The lowest BCUT2D eigenvalue weighted by atomic mass is 10.1. The molecule has 2 amide bonds. The molecule has 0 aliphatic carbocycles. The van der Waals surface area contributed by atoms with Crippen LogP contribution in [-0.4, -0.2) is 25.0 Å². The highest BCUT2D eigenvalue weighted by Crippen LogP contribution is 2.33. The van der Waals surface area contributed by atoms with Crippen LogP contribution in [0.5, 0.6) is 0 Å². The molecule has 2 aromatic heterocycles. The van der Waals surface area contributed by atoms with E-state index in [2.05, 4.69) is 62.7 Å². The quantitative estimate of drug-likeness (QED) is 0.625. The Morgan fingerprint density at radius 1 is 1.12 bits per heavy atom. The van der Waals surface area contributed by atoms with Crippen molar-refractivity contribution in [2.45, 2.75) is 60.0 Å². The maximum Gasteiger partial charge on any atom is 0.320 e. The Balaban J connectivity index is 1.94. The molecule has 0 aliphatic heterocycles. The number of carbonyl (C=O) groups is 1. The molecule has 144 valence electrons. The SMILES string of the molecule is CCCCc1sc(NC(=O)NCc2csc(CN(C)C)c2C)c(C)c1C. The number of anilines is 1. The van der Waals surface area contributed by atoms with Crippen LogP contribution < -0.4 is 10.6 Å². The van der Waals surface area contributed by atoms with Crippen LogP contribution in [0.4, 0.5) is 9.80 Å². The minimum Gasteiger partial charge on any atom is -0.334 e. The average Bonchev–Trinajstić information content (AvgIpc) is 3.06. The molecule has 0 unspecified atom stereocenters. The molecule has 4 nitrogen and oxygen atoms in total. The molecule has 0 saturated carbocycles. The van der Waals surface area contributed by atoms with Gasteiger partial charge in [0.05, 0.1) is 5.00 Å². The molecule has 2 N–H and O–H groups in total. The summed E-state index contributed by atoms with van der Waals surface area (Å²) in [5, 5.41) is 9.17. The number of hydrogen-bond donors (Lipinski definition) is 2. The Hall–Kier alpha value is -1.37. The summed E-state index contributed by atoms with van der Waals surface area (Å²) in [6.45, 7) is 10.1. The summed E-state index contributed by atoms with van der Waals surface area (Å²) in [4.78, 5) is 17.3. The van der Waals surface area contributed by atoms with Crippen LogP contribution in [0.25, 0.3) is 0 Å². The molecule has 0 aliphatic rings. The Bertz CT molecular complexity index is 747. The largest absolute Gasteiger partial charge is 0.334 e. The molecule has 0 fully saturated rings. The van der Waals surface area contributed by atoms with Crippen molar-refractivity contribution >= 4 is 33.7 Å². The number of carbonyl (C=O) groups excluding carboxylic acids is 1. The third-order valence-electron chi connectivity index (χ3n) is 4.67. The van der Waals surface area contributed by atoms with Crippen LogP contribution in [0, 0.1) is 20.8 Å². The molecule has 0 aromatic carbocycles. The number of rotatable bonds is 8. The maximum absolute atomic E-state index is 12.3. The van der Waals surface area contributed by atoms with E-state index in [0.717, 1.165) is 18.0 Å². The highest BCUT2D eigenvalue weighted by molar-refractivity contribution is 7.16. The van der Waals surface area contributed by atoms with Crippen LogP contribution in [0.1, 0.15) is 51.8 Å². The molecule has 26 heavy (non-hydrogen) atoms. The average molecular weight is 394 g/mol. The first-order valence-electron chi connectivity index (χ1n) is 9.17. The van der Waals surface area contributed by atoms with Crippen LogP contribution in [0.15, 0.2) is 5.38 Å². The van der Waals surface area contributed by atoms with Gasteiger partial charge in [0, 0.05) is 22.8 Å². The Kier molecular flexibility index (Phi) is 7.68.